The number of aromatic nitrogens is 1. The summed E-state index contributed by atoms with van der Waals surface area (Å²) < 4.78 is 2.31. The SMILES string of the molecule is CC1CNC(=O)c2cc3c(n2C1)CCC(C)(C)CC3(C)C. The van der Waals surface area contributed by atoms with E-state index in [0.29, 0.717) is 11.3 Å². The van der Waals surface area contributed by atoms with Gasteiger partial charge in [0.25, 0.3) is 5.91 Å². The Morgan fingerprint density at radius 2 is 2.00 bits per heavy atom. The summed E-state index contributed by atoms with van der Waals surface area (Å²) in [5.41, 5.74) is 4.17. The molecule has 3 rings (SSSR count). The molecule has 0 saturated heterocycles. The maximum atomic E-state index is 12.4. The highest BCUT2D eigenvalue weighted by Gasteiger charge is 2.38. The summed E-state index contributed by atoms with van der Waals surface area (Å²) in [6, 6.07) is 2.17. The summed E-state index contributed by atoms with van der Waals surface area (Å²) in [5.74, 6) is 0.591. The molecular weight excluding hydrogens is 260 g/mol. The molecule has 0 bridgehead atoms. The van der Waals surface area contributed by atoms with Crippen LogP contribution in [0.2, 0.25) is 0 Å². The van der Waals surface area contributed by atoms with Crippen molar-refractivity contribution in [1.82, 2.24) is 9.88 Å². The molecule has 1 unspecified atom stereocenters. The molecule has 3 heteroatoms. The molecule has 1 aliphatic heterocycles. The first kappa shape index (κ1) is 14.7. The van der Waals surface area contributed by atoms with Crippen molar-refractivity contribution in [2.24, 2.45) is 11.3 Å². The summed E-state index contributed by atoms with van der Waals surface area (Å²) in [6.07, 6.45) is 3.46. The van der Waals surface area contributed by atoms with Crippen LogP contribution in [0, 0.1) is 11.3 Å². The largest absolute Gasteiger partial charge is 0.350 e. The summed E-state index contributed by atoms with van der Waals surface area (Å²) in [6.45, 7) is 13.4. The molecule has 0 fully saturated rings. The van der Waals surface area contributed by atoms with Crippen LogP contribution in [0.4, 0.5) is 0 Å². The van der Waals surface area contributed by atoms with Gasteiger partial charge in [-0.15, -0.1) is 0 Å². The molecule has 1 aromatic heterocycles. The van der Waals surface area contributed by atoms with Crippen molar-refractivity contribution in [2.75, 3.05) is 6.54 Å². The Morgan fingerprint density at radius 1 is 1.29 bits per heavy atom. The Kier molecular flexibility index (Phi) is 3.23. The van der Waals surface area contributed by atoms with Gasteiger partial charge < -0.3 is 9.88 Å². The minimum atomic E-state index is 0.0995. The van der Waals surface area contributed by atoms with E-state index < -0.39 is 0 Å². The molecule has 1 aliphatic carbocycles. The number of nitrogens with zero attached hydrogens (tertiary/aromatic N) is 1. The van der Waals surface area contributed by atoms with Crippen LogP contribution in [0.1, 0.15) is 69.2 Å². The molecule has 21 heavy (non-hydrogen) atoms. The van der Waals surface area contributed by atoms with E-state index in [1.54, 1.807) is 0 Å². The summed E-state index contributed by atoms with van der Waals surface area (Å²) >= 11 is 0. The molecule has 1 atom stereocenters. The third-order valence-corrected chi connectivity index (χ3v) is 5.23. The number of amides is 1. The normalized spacial score (nSPS) is 27.1. The van der Waals surface area contributed by atoms with Crippen LogP contribution in [-0.4, -0.2) is 17.0 Å². The van der Waals surface area contributed by atoms with Gasteiger partial charge in [0.05, 0.1) is 0 Å². The van der Waals surface area contributed by atoms with Crippen LogP contribution in [0.15, 0.2) is 6.07 Å². The average Bonchev–Trinajstić information content (AvgIpc) is 2.60. The number of nitrogens with one attached hydrogen (secondary N) is 1. The van der Waals surface area contributed by atoms with E-state index in [4.69, 9.17) is 0 Å². The molecular formula is C18H28N2O. The maximum absolute atomic E-state index is 12.4. The predicted octanol–water partition coefficient (Wildman–Crippen LogP) is 3.51. The average molecular weight is 288 g/mol. The highest BCUT2D eigenvalue weighted by molar-refractivity contribution is 5.93. The molecule has 0 saturated carbocycles. The van der Waals surface area contributed by atoms with Crippen LogP contribution in [-0.2, 0) is 18.4 Å². The minimum absolute atomic E-state index is 0.0995. The third kappa shape index (κ3) is 2.51. The number of hydrogen-bond acceptors (Lipinski definition) is 1. The molecule has 2 heterocycles. The molecule has 116 valence electrons. The lowest BCUT2D eigenvalue weighted by Gasteiger charge is -2.32. The van der Waals surface area contributed by atoms with Gasteiger partial charge in [-0.1, -0.05) is 34.6 Å². The Bertz CT molecular complexity index is 580. The first-order chi connectivity index (χ1) is 9.70. The van der Waals surface area contributed by atoms with Crippen LogP contribution in [0.3, 0.4) is 0 Å². The lowest BCUT2D eigenvalue weighted by atomic mass is 9.72. The second-order valence-corrected chi connectivity index (χ2v) is 8.54. The van der Waals surface area contributed by atoms with Crippen molar-refractivity contribution >= 4 is 5.91 Å². The van der Waals surface area contributed by atoms with Crippen LogP contribution >= 0.6 is 0 Å². The van der Waals surface area contributed by atoms with E-state index in [9.17, 15) is 4.79 Å². The van der Waals surface area contributed by atoms with Crippen LogP contribution in [0.25, 0.3) is 0 Å². The van der Waals surface area contributed by atoms with Crippen molar-refractivity contribution < 1.29 is 4.79 Å². The van der Waals surface area contributed by atoms with E-state index in [1.807, 2.05) is 0 Å². The van der Waals surface area contributed by atoms with Gasteiger partial charge in [0.2, 0.25) is 0 Å². The summed E-state index contributed by atoms with van der Waals surface area (Å²) in [4.78, 5) is 12.4. The Morgan fingerprint density at radius 3 is 2.71 bits per heavy atom. The molecule has 1 amide bonds. The van der Waals surface area contributed by atoms with Crippen molar-refractivity contribution in [2.45, 2.75) is 65.8 Å². The number of carbonyl (C=O) groups is 1. The first-order valence-corrected chi connectivity index (χ1v) is 8.21. The van der Waals surface area contributed by atoms with Gasteiger partial charge >= 0.3 is 0 Å². The van der Waals surface area contributed by atoms with Gasteiger partial charge in [0.15, 0.2) is 0 Å². The Labute approximate surface area is 128 Å². The zero-order valence-electron chi connectivity index (χ0n) is 14.0. The van der Waals surface area contributed by atoms with Crippen molar-refractivity contribution in [3.05, 3.63) is 23.0 Å². The lowest BCUT2D eigenvalue weighted by molar-refractivity contribution is 0.0948. The molecule has 0 radical (unpaired) electrons. The third-order valence-electron chi connectivity index (χ3n) is 5.23. The van der Waals surface area contributed by atoms with Crippen LogP contribution < -0.4 is 5.32 Å². The van der Waals surface area contributed by atoms with Gasteiger partial charge in [-0.2, -0.15) is 0 Å². The van der Waals surface area contributed by atoms with Gasteiger partial charge in [-0.3, -0.25) is 4.79 Å². The smallest absolute Gasteiger partial charge is 0.267 e. The fraction of sp³-hybridized carbons (Fsp3) is 0.722. The van der Waals surface area contributed by atoms with Gasteiger partial charge in [-0.25, -0.2) is 0 Å². The Hall–Kier alpha value is -1.25. The van der Waals surface area contributed by atoms with E-state index in [0.717, 1.165) is 25.2 Å². The summed E-state index contributed by atoms with van der Waals surface area (Å²) in [7, 11) is 0. The fourth-order valence-electron chi connectivity index (χ4n) is 4.41. The van der Waals surface area contributed by atoms with Gasteiger partial charge in [0.1, 0.15) is 5.69 Å². The van der Waals surface area contributed by atoms with Crippen molar-refractivity contribution in [3.63, 3.8) is 0 Å². The molecule has 3 nitrogen and oxygen atoms in total. The minimum Gasteiger partial charge on any atom is -0.350 e. The predicted molar refractivity (Wildman–Crippen MR) is 85.7 cm³/mol. The molecule has 0 spiro atoms. The molecule has 0 aromatic carbocycles. The highest BCUT2D eigenvalue weighted by Crippen LogP contribution is 2.45. The quantitative estimate of drug-likeness (QED) is 0.728. The lowest BCUT2D eigenvalue weighted by Crippen LogP contribution is -2.26. The zero-order valence-corrected chi connectivity index (χ0v) is 14.0. The van der Waals surface area contributed by atoms with E-state index in [1.165, 1.54) is 24.1 Å². The number of rotatable bonds is 0. The maximum Gasteiger partial charge on any atom is 0.267 e. The van der Waals surface area contributed by atoms with Crippen molar-refractivity contribution in [1.29, 1.82) is 0 Å². The standard InChI is InChI=1S/C18H28N2O/c1-12-9-19-16(21)15-8-13-14(20(15)10-12)6-7-17(2,3)11-18(13,4)5/h8,12H,6-7,9-11H2,1-5H3,(H,19,21). The summed E-state index contributed by atoms with van der Waals surface area (Å²) in [5, 5.41) is 3.06. The van der Waals surface area contributed by atoms with Gasteiger partial charge in [-0.05, 0) is 47.6 Å². The van der Waals surface area contributed by atoms with Crippen LogP contribution in [0.5, 0.6) is 0 Å². The Balaban J connectivity index is 2.13. The second kappa shape index (κ2) is 4.62. The zero-order chi connectivity index (χ0) is 15.4. The first-order valence-electron chi connectivity index (χ1n) is 8.21. The molecule has 2 aliphatic rings. The van der Waals surface area contributed by atoms with Gasteiger partial charge in [0, 0.05) is 18.8 Å². The second-order valence-electron chi connectivity index (χ2n) is 8.54. The van der Waals surface area contributed by atoms with E-state index >= 15 is 0 Å². The monoisotopic (exact) mass is 288 g/mol. The number of fused-ring (bicyclic) bond motifs is 3. The number of hydrogen-bond donors (Lipinski definition) is 1. The fourth-order valence-corrected chi connectivity index (χ4v) is 4.41. The molecule has 1 aromatic rings. The van der Waals surface area contributed by atoms with E-state index in [2.05, 4.69) is 50.6 Å². The molecule has 1 N–H and O–H groups in total. The highest BCUT2D eigenvalue weighted by atomic mass is 16.2. The van der Waals surface area contributed by atoms with E-state index in [-0.39, 0.29) is 11.3 Å². The number of carbonyl (C=O) groups excluding carboxylic acids is 1. The topological polar surface area (TPSA) is 34.0 Å². The van der Waals surface area contributed by atoms with Crippen molar-refractivity contribution in [3.8, 4) is 0 Å².